The van der Waals surface area contributed by atoms with E-state index in [4.69, 9.17) is 4.74 Å². The minimum absolute atomic E-state index is 0.727. The van der Waals surface area contributed by atoms with E-state index in [0.29, 0.717) is 0 Å². The highest BCUT2D eigenvalue weighted by Crippen LogP contribution is 2.09. The molecule has 0 fully saturated rings. The molecule has 0 saturated heterocycles. The van der Waals surface area contributed by atoms with E-state index in [-0.39, 0.29) is 0 Å². The molecule has 0 spiro atoms. The van der Waals surface area contributed by atoms with Crippen LogP contribution in [0.25, 0.3) is 0 Å². The number of ether oxygens (including phenoxy) is 1. The molecule has 92 valence electrons. The number of nitrogens with zero attached hydrogens (tertiary/aromatic N) is 2. The molecule has 0 aliphatic heterocycles. The molecule has 0 saturated carbocycles. The van der Waals surface area contributed by atoms with E-state index in [0.717, 1.165) is 32.1 Å². The lowest BCUT2D eigenvalue weighted by molar-refractivity contribution is 0.199. The third-order valence-electron chi connectivity index (χ3n) is 2.50. The Bertz CT molecular complexity index is 425. The lowest BCUT2D eigenvalue weighted by Crippen LogP contribution is -2.21. The summed E-state index contributed by atoms with van der Waals surface area (Å²) in [6, 6.07) is 2.15. The highest BCUT2D eigenvalue weighted by molar-refractivity contribution is 7.07. The second-order valence-corrected chi connectivity index (χ2v) is 4.55. The van der Waals surface area contributed by atoms with Crippen molar-refractivity contribution in [1.82, 2.24) is 14.9 Å². The van der Waals surface area contributed by atoms with E-state index in [1.54, 1.807) is 18.4 Å². The second kappa shape index (κ2) is 6.54. The molecule has 0 atom stereocenters. The first kappa shape index (κ1) is 12.3. The summed E-state index contributed by atoms with van der Waals surface area (Å²) in [6.45, 7) is 3.25. The van der Waals surface area contributed by atoms with Crippen LogP contribution in [0.2, 0.25) is 0 Å². The van der Waals surface area contributed by atoms with Crippen LogP contribution in [0.15, 0.2) is 29.2 Å². The van der Waals surface area contributed by atoms with Crippen molar-refractivity contribution in [2.75, 3.05) is 20.3 Å². The molecular formula is C12H17N3OS. The molecule has 0 aliphatic rings. The van der Waals surface area contributed by atoms with E-state index >= 15 is 0 Å². The largest absolute Gasteiger partial charge is 0.383 e. The maximum atomic E-state index is 4.99. The van der Waals surface area contributed by atoms with E-state index in [9.17, 15) is 0 Å². The normalized spacial score (nSPS) is 10.9. The van der Waals surface area contributed by atoms with Gasteiger partial charge >= 0.3 is 0 Å². The molecule has 0 radical (unpaired) electrons. The van der Waals surface area contributed by atoms with Gasteiger partial charge in [0.15, 0.2) is 0 Å². The Hall–Kier alpha value is -1.17. The number of aromatic nitrogens is 2. The Balaban J connectivity index is 1.88. The maximum Gasteiger partial charge on any atom is 0.122 e. The lowest BCUT2D eigenvalue weighted by Gasteiger charge is -2.07. The summed E-state index contributed by atoms with van der Waals surface area (Å²) >= 11 is 1.73. The van der Waals surface area contributed by atoms with Crippen molar-refractivity contribution in [3.8, 4) is 0 Å². The molecule has 2 heterocycles. The van der Waals surface area contributed by atoms with Gasteiger partial charge in [0.05, 0.1) is 13.2 Å². The molecule has 2 aromatic heterocycles. The van der Waals surface area contributed by atoms with E-state index in [1.165, 1.54) is 5.56 Å². The molecule has 5 heteroatoms. The molecule has 1 N–H and O–H groups in total. The number of nitrogens with one attached hydrogen (secondary N) is 1. The minimum atomic E-state index is 0.727. The molecule has 0 aromatic carbocycles. The van der Waals surface area contributed by atoms with Gasteiger partial charge in [0.25, 0.3) is 0 Å². The SMILES string of the molecule is COCCNCc1nccn1Cc1ccsc1. The highest BCUT2D eigenvalue weighted by atomic mass is 32.1. The lowest BCUT2D eigenvalue weighted by atomic mass is 10.3. The van der Waals surface area contributed by atoms with Crippen molar-refractivity contribution in [3.05, 3.63) is 40.6 Å². The van der Waals surface area contributed by atoms with Crippen molar-refractivity contribution >= 4 is 11.3 Å². The fraction of sp³-hybridized carbons (Fsp3) is 0.417. The monoisotopic (exact) mass is 251 g/mol. The van der Waals surface area contributed by atoms with Gasteiger partial charge in [0, 0.05) is 32.6 Å². The topological polar surface area (TPSA) is 39.1 Å². The summed E-state index contributed by atoms with van der Waals surface area (Å²) in [7, 11) is 1.71. The van der Waals surface area contributed by atoms with Crippen LogP contribution in [0.3, 0.4) is 0 Å². The van der Waals surface area contributed by atoms with Crippen LogP contribution < -0.4 is 5.32 Å². The molecule has 0 aliphatic carbocycles. The summed E-state index contributed by atoms with van der Waals surface area (Å²) in [5.41, 5.74) is 1.33. The van der Waals surface area contributed by atoms with Gasteiger partial charge in [0.2, 0.25) is 0 Å². The van der Waals surface area contributed by atoms with Crippen LogP contribution in [0, 0.1) is 0 Å². The first-order valence-electron chi connectivity index (χ1n) is 5.61. The average Bonchev–Trinajstić information content (AvgIpc) is 2.97. The Morgan fingerprint density at radius 1 is 1.53 bits per heavy atom. The third kappa shape index (κ3) is 3.66. The average molecular weight is 251 g/mol. The predicted molar refractivity (Wildman–Crippen MR) is 69.2 cm³/mol. The quantitative estimate of drug-likeness (QED) is 0.762. The van der Waals surface area contributed by atoms with Crippen LogP contribution in [0.4, 0.5) is 0 Å². The van der Waals surface area contributed by atoms with Crippen molar-refractivity contribution in [3.63, 3.8) is 0 Å². The molecule has 2 rings (SSSR count). The Morgan fingerprint density at radius 3 is 3.24 bits per heavy atom. The zero-order valence-electron chi connectivity index (χ0n) is 9.93. The van der Waals surface area contributed by atoms with Gasteiger partial charge in [-0.2, -0.15) is 11.3 Å². The molecule has 0 amide bonds. The third-order valence-corrected chi connectivity index (χ3v) is 3.23. The Morgan fingerprint density at radius 2 is 2.47 bits per heavy atom. The van der Waals surface area contributed by atoms with Gasteiger partial charge in [-0.25, -0.2) is 4.98 Å². The standard InChI is InChI=1S/C12H17N3OS/c1-16-6-4-13-8-12-14-3-5-15(12)9-11-2-7-17-10-11/h2-3,5,7,10,13H,4,6,8-9H2,1H3. The van der Waals surface area contributed by atoms with Crippen molar-refractivity contribution in [2.45, 2.75) is 13.1 Å². The summed E-state index contributed by atoms with van der Waals surface area (Å²) in [4.78, 5) is 4.36. The molecular weight excluding hydrogens is 234 g/mol. The van der Waals surface area contributed by atoms with Crippen LogP contribution >= 0.6 is 11.3 Å². The first-order chi connectivity index (χ1) is 8.40. The number of imidazole rings is 1. The first-order valence-corrected chi connectivity index (χ1v) is 6.55. The van der Waals surface area contributed by atoms with Crippen LogP contribution in [0.1, 0.15) is 11.4 Å². The van der Waals surface area contributed by atoms with Gasteiger partial charge in [-0.3, -0.25) is 0 Å². The number of rotatable bonds is 7. The van der Waals surface area contributed by atoms with E-state index in [2.05, 4.69) is 31.7 Å². The number of methoxy groups -OCH3 is 1. The van der Waals surface area contributed by atoms with Crippen molar-refractivity contribution in [2.24, 2.45) is 0 Å². The second-order valence-electron chi connectivity index (χ2n) is 3.77. The summed E-state index contributed by atoms with van der Waals surface area (Å²) in [5.74, 6) is 1.06. The Kier molecular flexibility index (Phi) is 4.73. The maximum absolute atomic E-state index is 4.99. The number of thiophene rings is 1. The minimum Gasteiger partial charge on any atom is -0.383 e. The molecule has 2 aromatic rings. The fourth-order valence-corrected chi connectivity index (χ4v) is 2.26. The Labute approximate surface area is 105 Å². The fourth-order valence-electron chi connectivity index (χ4n) is 1.60. The highest BCUT2D eigenvalue weighted by Gasteiger charge is 2.03. The predicted octanol–water partition coefficient (Wildman–Crippen LogP) is 1.73. The smallest absolute Gasteiger partial charge is 0.122 e. The molecule has 0 bridgehead atoms. The van der Waals surface area contributed by atoms with Gasteiger partial charge in [0.1, 0.15) is 5.82 Å². The zero-order chi connectivity index (χ0) is 11.9. The summed E-state index contributed by atoms with van der Waals surface area (Å²) < 4.78 is 7.16. The van der Waals surface area contributed by atoms with E-state index in [1.807, 2.05) is 12.4 Å². The zero-order valence-corrected chi connectivity index (χ0v) is 10.7. The van der Waals surface area contributed by atoms with Gasteiger partial charge in [-0.15, -0.1) is 0 Å². The van der Waals surface area contributed by atoms with Gasteiger partial charge in [-0.1, -0.05) is 0 Å². The molecule has 4 nitrogen and oxygen atoms in total. The molecule has 0 unspecified atom stereocenters. The summed E-state index contributed by atoms with van der Waals surface area (Å²) in [6.07, 6.45) is 3.87. The number of hydrogen-bond donors (Lipinski definition) is 1. The molecule has 17 heavy (non-hydrogen) atoms. The van der Waals surface area contributed by atoms with Crippen molar-refractivity contribution < 1.29 is 4.74 Å². The van der Waals surface area contributed by atoms with Crippen LogP contribution in [0.5, 0.6) is 0 Å². The number of hydrogen-bond acceptors (Lipinski definition) is 4. The van der Waals surface area contributed by atoms with Gasteiger partial charge < -0.3 is 14.6 Å². The van der Waals surface area contributed by atoms with Gasteiger partial charge in [-0.05, 0) is 22.4 Å². The van der Waals surface area contributed by atoms with Crippen LogP contribution in [-0.4, -0.2) is 29.8 Å². The van der Waals surface area contributed by atoms with Crippen LogP contribution in [-0.2, 0) is 17.8 Å². The van der Waals surface area contributed by atoms with Crippen molar-refractivity contribution in [1.29, 1.82) is 0 Å². The summed E-state index contributed by atoms with van der Waals surface area (Å²) in [5, 5.41) is 7.57. The van der Waals surface area contributed by atoms with E-state index < -0.39 is 0 Å².